The van der Waals surface area contributed by atoms with E-state index >= 15 is 0 Å². The molecule has 1 aromatic heterocycles. The van der Waals surface area contributed by atoms with Gasteiger partial charge in [-0.2, -0.15) is 0 Å². The average Bonchev–Trinajstić information content (AvgIpc) is 2.42. The number of pyridine rings is 1. The van der Waals surface area contributed by atoms with Crippen molar-refractivity contribution in [2.45, 2.75) is 6.54 Å². The summed E-state index contributed by atoms with van der Waals surface area (Å²) in [5.74, 6) is -1.71. The molecule has 0 aliphatic rings. The molecular weight excluding hydrogens is 260 g/mol. The Bertz CT molecular complexity index is 692. The van der Waals surface area contributed by atoms with Crippen LogP contribution in [0.25, 0.3) is 0 Å². The van der Waals surface area contributed by atoms with Gasteiger partial charge in [0, 0.05) is 11.9 Å². The van der Waals surface area contributed by atoms with E-state index in [0.29, 0.717) is 5.69 Å². The SMILES string of the molecule is O=C(Cn1cccc(C(=O)O)c1=O)Nc1ccccc1. The zero-order valence-electron chi connectivity index (χ0n) is 10.4. The van der Waals surface area contributed by atoms with Crippen molar-refractivity contribution in [3.8, 4) is 0 Å². The Balaban J connectivity index is 2.15. The quantitative estimate of drug-likeness (QED) is 0.874. The van der Waals surface area contributed by atoms with Gasteiger partial charge in [0.2, 0.25) is 5.91 Å². The number of rotatable bonds is 4. The van der Waals surface area contributed by atoms with Crippen LogP contribution in [0.2, 0.25) is 0 Å². The number of aromatic carboxylic acids is 1. The summed E-state index contributed by atoms with van der Waals surface area (Å²) in [5.41, 5.74) is -0.455. The van der Waals surface area contributed by atoms with Gasteiger partial charge in [0.25, 0.3) is 5.56 Å². The Morgan fingerprint density at radius 2 is 1.80 bits per heavy atom. The van der Waals surface area contributed by atoms with Gasteiger partial charge < -0.3 is 15.0 Å². The maximum Gasteiger partial charge on any atom is 0.341 e. The summed E-state index contributed by atoms with van der Waals surface area (Å²) in [6.07, 6.45) is 1.37. The molecule has 0 unspecified atom stereocenters. The number of anilines is 1. The summed E-state index contributed by atoms with van der Waals surface area (Å²) in [4.78, 5) is 34.4. The van der Waals surface area contributed by atoms with Crippen molar-refractivity contribution in [3.63, 3.8) is 0 Å². The Morgan fingerprint density at radius 3 is 2.45 bits per heavy atom. The highest BCUT2D eigenvalue weighted by Crippen LogP contribution is 2.04. The zero-order valence-corrected chi connectivity index (χ0v) is 10.4. The summed E-state index contributed by atoms with van der Waals surface area (Å²) in [6.45, 7) is -0.241. The van der Waals surface area contributed by atoms with Gasteiger partial charge in [-0.05, 0) is 24.3 Å². The molecule has 1 aromatic carbocycles. The van der Waals surface area contributed by atoms with Crippen LogP contribution in [-0.4, -0.2) is 21.6 Å². The summed E-state index contributed by atoms with van der Waals surface area (Å²) in [5, 5.41) is 11.5. The van der Waals surface area contributed by atoms with Gasteiger partial charge in [0.15, 0.2) is 0 Å². The van der Waals surface area contributed by atoms with Crippen LogP contribution in [0.1, 0.15) is 10.4 Å². The Labute approximate surface area is 114 Å². The highest BCUT2D eigenvalue weighted by Gasteiger charge is 2.12. The summed E-state index contributed by atoms with van der Waals surface area (Å²) in [6, 6.07) is 11.4. The van der Waals surface area contributed by atoms with E-state index in [0.717, 1.165) is 4.57 Å². The molecule has 0 atom stereocenters. The normalized spacial score (nSPS) is 10.0. The van der Waals surface area contributed by atoms with Crippen molar-refractivity contribution in [1.29, 1.82) is 0 Å². The molecule has 2 aromatic rings. The highest BCUT2D eigenvalue weighted by atomic mass is 16.4. The molecule has 20 heavy (non-hydrogen) atoms. The second kappa shape index (κ2) is 5.83. The predicted molar refractivity (Wildman–Crippen MR) is 72.7 cm³/mol. The molecule has 1 amide bonds. The van der Waals surface area contributed by atoms with E-state index in [9.17, 15) is 14.4 Å². The second-order valence-corrected chi connectivity index (χ2v) is 4.07. The van der Waals surface area contributed by atoms with Crippen LogP contribution in [0.5, 0.6) is 0 Å². The van der Waals surface area contributed by atoms with E-state index in [1.165, 1.54) is 18.3 Å². The van der Waals surface area contributed by atoms with Crippen LogP contribution < -0.4 is 10.9 Å². The van der Waals surface area contributed by atoms with E-state index in [1.807, 2.05) is 6.07 Å². The average molecular weight is 272 g/mol. The first-order valence-electron chi connectivity index (χ1n) is 5.85. The Kier molecular flexibility index (Phi) is 3.95. The number of hydrogen-bond acceptors (Lipinski definition) is 3. The van der Waals surface area contributed by atoms with Crippen LogP contribution in [0.15, 0.2) is 53.5 Å². The number of carboxylic acid groups (broad SMARTS) is 1. The van der Waals surface area contributed by atoms with Crippen LogP contribution >= 0.6 is 0 Å². The van der Waals surface area contributed by atoms with Gasteiger partial charge in [0.1, 0.15) is 12.1 Å². The lowest BCUT2D eigenvalue weighted by atomic mass is 10.3. The number of hydrogen-bond donors (Lipinski definition) is 2. The lowest BCUT2D eigenvalue weighted by Crippen LogP contribution is -2.30. The first-order valence-corrected chi connectivity index (χ1v) is 5.85. The molecule has 6 nitrogen and oxygen atoms in total. The molecule has 1 heterocycles. The summed E-state index contributed by atoms with van der Waals surface area (Å²) >= 11 is 0. The maximum absolute atomic E-state index is 11.8. The largest absolute Gasteiger partial charge is 0.477 e. The smallest absolute Gasteiger partial charge is 0.341 e. The number of aromatic nitrogens is 1. The molecule has 2 rings (SSSR count). The van der Waals surface area contributed by atoms with Gasteiger partial charge in [-0.3, -0.25) is 9.59 Å². The van der Waals surface area contributed by atoms with Gasteiger partial charge in [-0.25, -0.2) is 4.79 Å². The van der Waals surface area contributed by atoms with Gasteiger partial charge in [-0.1, -0.05) is 18.2 Å². The molecule has 102 valence electrons. The second-order valence-electron chi connectivity index (χ2n) is 4.07. The first kappa shape index (κ1) is 13.5. The van der Waals surface area contributed by atoms with Crippen LogP contribution in [-0.2, 0) is 11.3 Å². The Morgan fingerprint density at radius 1 is 1.10 bits per heavy atom. The lowest BCUT2D eigenvalue weighted by Gasteiger charge is -2.07. The highest BCUT2D eigenvalue weighted by molar-refractivity contribution is 5.91. The molecular formula is C14H12N2O4. The van der Waals surface area contributed by atoms with Crippen molar-refractivity contribution in [2.75, 3.05) is 5.32 Å². The molecule has 0 saturated carbocycles. The van der Waals surface area contributed by atoms with Gasteiger partial charge in [0.05, 0.1) is 0 Å². The maximum atomic E-state index is 11.8. The van der Waals surface area contributed by atoms with Crippen molar-refractivity contribution in [1.82, 2.24) is 4.57 Å². The van der Waals surface area contributed by atoms with E-state index in [1.54, 1.807) is 24.3 Å². The molecule has 0 aliphatic carbocycles. The molecule has 0 saturated heterocycles. The molecule has 0 bridgehead atoms. The molecule has 2 N–H and O–H groups in total. The monoisotopic (exact) mass is 272 g/mol. The fourth-order valence-electron chi connectivity index (χ4n) is 1.70. The third-order valence-electron chi connectivity index (χ3n) is 2.62. The van der Waals surface area contributed by atoms with Crippen LogP contribution in [0.3, 0.4) is 0 Å². The van der Waals surface area contributed by atoms with Gasteiger partial charge in [-0.15, -0.1) is 0 Å². The number of carbonyl (C=O) groups excluding carboxylic acids is 1. The summed E-state index contributed by atoms with van der Waals surface area (Å²) < 4.78 is 1.06. The van der Waals surface area contributed by atoms with Crippen molar-refractivity contribution in [2.24, 2.45) is 0 Å². The number of nitrogens with one attached hydrogen (secondary N) is 1. The third kappa shape index (κ3) is 3.11. The first-order chi connectivity index (χ1) is 9.58. The van der Waals surface area contributed by atoms with E-state index in [2.05, 4.69) is 5.32 Å². The molecule has 0 spiro atoms. The van der Waals surface area contributed by atoms with Crippen molar-refractivity contribution < 1.29 is 14.7 Å². The van der Waals surface area contributed by atoms with Gasteiger partial charge >= 0.3 is 5.97 Å². The summed E-state index contributed by atoms with van der Waals surface area (Å²) in [7, 11) is 0. The number of nitrogens with zero attached hydrogens (tertiary/aromatic N) is 1. The molecule has 0 radical (unpaired) electrons. The third-order valence-corrected chi connectivity index (χ3v) is 2.62. The molecule has 0 aliphatic heterocycles. The number of carboxylic acids is 1. The minimum absolute atomic E-state index is 0.241. The fourth-order valence-corrected chi connectivity index (χ4v) is 1.70. The Hall–Kier alpha value is -2.89. The van der Waals surface area contributed by atoms with Crippen LogP contribution in [0.4, 0.5) is 5.69 Å². The predicted octanol–water partition coefficient (Wildman–Crippen LogP) is 1.19. The van der Waals surface area contributed by atoms with E-state index in [-0.39, 0.29) is 12.1 Å². The number of amides is 1. The molecule has 0 fully saturated rings. The topological polar surface area (TPSA) is 88.4 Å². The standard InChI is InChI=1S/C14H12N2O4/c17-12(15-10-5-2-1-3-6-10)9-16-8-4-7-11(13(16)18)14(19)20/h1-8H,9H2,(H,15,17)(H,19,20). The number of carbonyl (C=O) groups is 2. The van der Waals surface area contributed by atoms with Crippen molar-refractivity contribution in [3.05, 3.63) is 64.6 Å². The van der Waals surface area contributed by atoms with Crippen molar-refractivity contribution >= 4 is 17.6 Å². The number of para-hydroxylation sites is 1. The van der Waals surface area contributed by atoms with E-state index in [4.69, 9.17) is 5.11 Å². The lowest BCUT2D eigenvalue weighted by molar-refractivity contribution is -0.116. The minimum atomic E-state index is -1.31. The minimum Gasteiger partial charge on any atom is -0.477 e. The fraction of sp³-hybridized carbons (Fsp3) is 0.0714. The van der Waals surface area contributed by atoms with E-state index < -0.39 is 17.4 Å². The van der Waals surface area contributed by atoms with Crippen LogP contribution in [0, 0.1) is 0 Å². The zero-order chi connectivity index (χ0) is 14.5. The molecule has 6 heteroatoms. The number of benzene rings is 1.